The summed E-state index contributed by atoms with van der Waals surface area (Å²) in [5.74, 6) is -2.29. The van der Waals surface area contributed by atoms with Crippen molar-refractivity contribution < 1.29 is 18.4 Å². The summed E-state index contributed by atoms with van der Waals surface area (Å²) in [4.78, 5) is 26.0. The fourth-order valence-corrected chi connectivity index (χ4v) is 2.87. The van der Waals surface area contributed by atoms with Gasteiger partial charge in [0.25, 0.3) is 5.91 Å². The molecule has 128 valence electrons. The Bertz CT molecular complexity index is 705. The summed E-state index contributed by atoms with van der Waals surface area (Å²) < 4.78 is 26.3. The van der Waals surface area contributed by atoms with Crippen molar-refractivity contribution >= 4 is 28.8 Å². The van der Waals surface area contributed by atoms with Crippen LogP contribution in [0.3, 0.4) is 0 Å². The average Bonchev–Trinajstić information content (AvgIpc) is 3.10. The molecule has 0 saturated carbocycles. The van der Waals surface area contributed by atoms with Crippen LogP contribution in [0, 0.1) is 11.6 Å². The molecule has 1 heterocycles. The van der Waals surface area contributed by atoms with Gasteiger partial charge in [0.1, 0.15) is 0 Å². The summed E-state index contributed by atoms with van der Waals surface area (Å²) in [6.45, 7) is 2.49. The number of hydrogen-bond donors (Lipinski definition) is 1. The van der Waals surface area contributed by atoms with Crippen molar-refractivity contribution in [3.8, 4) is 0 Å². The van der Waals surface area contributed by atoms with Gasteiger partial charge in [-0.05, 0) is 36.9 Å². The SMILES string of the molecule is CCN(C(=O)CCCNC(=O)c1cccs1)c1ccc(F)c(F)c1. The van der Waals surface area contributed by atoms with Gasteiger partial charge in [-0.25, -0.2) is 8.78 Å². The van der Waals surface area contributed by atoms with Crippen molar-refractivity contribution in [3.05, 3.63) is 52.2 Å². The zero-order valence-electron chi connectivity index (χ0n) is 13.2. The molecule has 2 rings (SSSR count). The van der Waals surface area contributed by atoms with Gasteiger partial charge in [0.2, 0.25) is 5.91 Å². The number of nitrogens with one attached hydrogen (secondary N) is 1. The van der Waals surface area contributed by atoms with Crippen LogP contribution in [-0.4, -0.2) is 24.9 Å². The second-order valence-corrected chi connectivity index (χ2v) is 6.02. The van der Waals surface area contributed by atoms with Gasteiger partial charge in [-0.3, -0.25) is 9.59 Å². The maximum Gasteiger partial charge on any atom is 0.261 e. The largest absolute Gasteiger partial charge is 0.351 e. The zero-order chi connectivity index (χ0) is 17.5. The van der Waals surface area contributed by atoms with Gasteiger partial charge in [0.05, 0.1) is 4.88 Å². The second kappa shape index (κ2) is 8.54. The standard InChI is InChI=1S/C17H18F2N2O2S/c1-2-21(12-7-8-13(18)14(19)11-12)16(22)6-3-9-20-17(23)15-5-4-10-24-15/h4-5,7-8,10-11H,2-3,6,9H2,1H3,(H,20,23). The highest BCUT2D eigenvalue weighted by Gasteiger charge is 2.15. The molecule has 0 aliphatic carbocycles. The third-order valence-electron chi connectivity index (χ3n) is 3.43. The lowest BCUT2D eigenvalue weighted by Gasteiger charge is -2.21. The molecule has 2 amide bonds. The molecule has 24 heavy (non-hydrogen) atoms. The number of halogens is 2. The predicted molar refractivity (Wildman–Crippen MR) is 90.3 cm³/mol. The molecule has 0 fully saturated rings. The van der Waals surface area contributed by atoms with Crippen molar-refractivity contribution in [1.29, 1.82) is 0 Å². The van der Waals surface area contributed by atoms with Crippen LogP contribution in [-0.2, 0) is 4.79 Å². The molecular weight excluding hydrogens is 334 g/mol. The molecule has 2 aromatic rings. The molecule has 0 radical (unpaired) electrons. The minimum absolute atomic E-state index is 0.162. The zero-order valence-corrected chi connectivity index (χ0v) is 14.0. The number of thiophene rings is 1. The van der Waals surface area contributed by atoms with E-state index in [0.29, 0.717) is 30.1 Å². The Hall–Kier alpha value is -2.28. The number of anilines is 1. The summed E-state index contributed by atoms with van der Waals surface area (Å²) in [6.07, 6.45) is 0.674. The first-order valence-electron chi connectivity index (χ1n) is 7.60. The van der Waals surface area contributed by atoms with E-state index in [-0.39, 0.29) is 18.2 Å². The highest BCUT2D eigenvalue weighted by molar-refractivity contribution is 7.12. The molecular formula is C17H18F2N2O2S. The van der Waals surface area contributed by atoms with Crippen LogP contribution >= 0.6 is 11.3 Å². The molecule has 7 heteroatoms. The Kier molecular flexibility index (Phi) is 6.43. The van der Waals surface area contributed by atoms with E-state index in [1.165, 1.54) is 22.3 Å². The van der Waals surface area contributed by atoms with Crippen molar-refractivity contribution in [1.82, 2.24) is 5.32 Å². The van der Waals surface area contributed by atoms with E-state index in [1.807, 2.05) is 5.38 Å². The molecule has 4 nitrogen and oxygen atoms in total. The Morgan fingerprint density at radius 2 is 2.00 bits per heavy atom. The van der Waals surface area contributed by atoms with Crippen molar-refractivity contribution in [3.63, 3.8) is 0 Å². The maximum absolute atomic E-state index is 13.3. The van der Waals surface area contributed by atoms with E-state index in [1.54, 1.807) is 19.1 Å². The Balaban J connectivity index is 1.83. The van der Waals surface area contributed by atoms with E-state index < -0.39 is 11.6 Å². The Labute approximate surface area is 143 Å². The van der Waals surface area contributed by atoms with E-state index in [2.05, 4.69) is 5.32 Å². The lowest BCUT2D eigenvalue weighted by molar-refractivity contribution is -0.118. The summed E-state index contributed by atoms with van der Waals surface area (Å²) in [5.41, 5.74) is 0.323. The molecule has 0 bridgehead atoms. The monoisotopic (exact) mass is 352 g/mol. The van der Waals surface area contributed by atoms with Crippen LogP contribution in [0.4, 0.5) is 14.5 Å². The number of hydrogen-bond acceptors (Lipinski definition) is 3. The van der Waals surface area contributed by atoms with Gasteiger partial charge in [0.15, 0.2) is 11.6 Å². The fourth-order valence-electron chi connectivity index (χ4n) is 2.23. The molecule has 0 aliphatic heterocycles. The lowest BCUT2D eigenvalue weighted by atomic mass is 10.2. The number of rotatable bonds is 7. The first kappa shape index (κ1) is 18.1. The molecule has 0 unspecified atom stereocenters. The van der Waals surface area contributed by atoms with E-state index in [0.717, 1.165) is 12.1 Å². The summed E-state index contributed by atoms with van der Waals surface area (Å²) >= 11 is 1.35. The van der Waals surface area contributed by atoms with Crippen LogP contribution in [0.1, 0.15) is 29.4 Å². The normalized spacial score (nSPS) is 10.5. The Morgan fingerprint density at radius 3 is 2.62 bits per heavy atom. The minimum atomic E-state index is -0.984. The highest BCUT2D eigenvalue weighted by Crippen LogP contribution is 2.19. The van der Waals surface area contributed by atoms with E-state index in [9.17, 15) is 18.4 Å². The second-order valence-electron chi connectivity index (χ2n) is 5.07. The van der Waals surface area contributed by atoms with Crippen LogP contribution in [0.2, 0.25) is 0 Å². The number of nitrogens with zero attached hydrogens (tertiary/aromatic N) is 1. The van der Waals surface area contributed by atoms with Gasteiger partial charge in [-0.15, -0.1) is 11.3 Å². The molecule has 1 aromatic carbocycles. The summed E-state index contributed by atoms with van der Waals surface area (Å²) in [5, 5.41) is 4.56. The van der Waals surface area contributed by atoms with Gasteiger partial charge in [0, 0.05) is 31.3 Å². The van der Waals surface area contributed by atoms with Crippen LogP contribution < -0.4 is 10.2 Å². The number of carbonyl (C=O) groups excluding carboxylic acids is 2. The molecule has 1 aromatic heterocycles. The molecule has 0 atom stereocenters. The number of carbonyl (C=O) groups is 2. The summed E-state index contributed by atoms with van der Waals surface area (Å²) in [6, 6.07) is 6.91. The molecule has 0 aliphatic rings. The van der Waals surface area contributed by atoms with Gasteiger partial charge in [-0.2, -0.15) is 0 Å². The lowest BCUT2D eigenvalue weighted by Crippen LogP contribution is -2.31. The van der Waals surface area contributed by atoms with Crippen LogP contribution in [0.5, 0.6) is 0 Å². The van der Waals surface area contributed by atoms with E-state index in [4.69, 9.17) is 0 Å². The van der Waals surface area contributed by atoms with E-state index >= 15 is 0 Å². The maximum atomic E-state index is 13.3. The van der Waals surface area contributed by atoms with Crippen LogP contribution in [0.15, 0.2) is 35.7 Å². The first-order chi connectivity index (χ1) is 11.5. The van der Waals surface area contributed by atoms with Crippen molar-refractivity contribution in [2.75, 3.05) is 18.0 Å². The highest BCUT2D eigenvalue weighted by atomic mass is 32.1. The van der Waals surface area contributed by atoms with Gasteiger partial charge >= 0.3 is 0 Å². The number of benzene rings is 1. The quantitative estimate of drug-likeness (QED) is 0.774. The third-order valence-corrected chi connectivity index (χ3v) is 4.30. The minimum Gasteiger partial charge on any atom is -0.351 e. The predicted octanol–water partition coefficient (Wildman–Crippen LogP) is 3.59. The van der Waals surface area contributed by atoms with Gasteiger partial charge < -0.3 is 10.2 Å². The first-order valence-corrected chi connectivity index (χ1v) is 8.48. The third kappa shape index (κ3) is 4.61. The average molecular weight is 352 g/mol. The fraction of sp³-hybridized carbons (Fsp3) is 0.294. The van der Waals surface area contributed by atoms with Gasteiger partial charge in [-0.1, -0.05) is 6.07 Å². The molecule has 1 N–H and O–H groups in total. The number of amides is 2. The smallest absolute Gasteiger partial charge is 0.261 e. The topological polar surface area (TPSA) is 49.4 Å². The molecule has 0 saturated heterocycles. The van der Waals surface area contributed by atoms with Crippen LogP contribution in [0.25, 0.3) is 0 Å². The molecule has 0 spiro atoms. The summed E-state index contributed by atoms with van der Waals surface area (Å²) in [7, 11) is 0. The Morgan fingerprint density at radius 1 is 1.21 bits per heavy atom. The van der Waals surface area contributed by atoms with Crippen molar-refractivity contribution in [2.45, 2.75) is 19.8 Å². The van der Waals surface area contributed by atoms with Crippen molar-refractivity contribution in [2.24, 2.45) is 0 Å².